The molecular weight excluding hydrogens is 402 g/mol. The lowest BCUT2D eigenvalue weighted by Gasteiger charge is -2.34. The smallest absolute Gasteiger partial charge is 0.280 e. The van der Waals surface area contributed by atoms with Crippen LogP contribution in [0.1, 0.15) is 33.7 Å². The second kappa shape index (κ2) is 7.73. The zero-order valence-corrected chi connectivity index (χ0v) is 17.8. The van der Waals surface area contributed by atoms with E-state index in [4.69, 9.17) is 16.3 Å². The highest BCUT2D eigenvalue weighted by Gasteiger charge is 2.48. The van der Waals surface area contributed by atoms with Crippen molar-refractivity contribution in [2.24, 2.45) is 0 Å². The molecule has 3 heterocycles. The number of rotatable bonds is 6. The summed E-state index contributed by atoms with van der Waals surface area (Å²) in [6, 6.07) is 1.25. The molecule has 2 aliphatic rings. The molecule has 1 saturated heterocycles. The van der Waals surface area contributed by atoms with Gasteiger partial charge < -0.3 is 4.74 Å². The molecule has 4 amide bonds. The van der Waals surface area contributed by atoms with Crippen molar-refractivity contribution in [1.82, 2.24) is 14.8 Å². The third-order valence-electron chi connectivity index (χ3n) is 4.77. The van der Waals surface area contributed by atoms with Crippen LogP contribution < -0.4 is 0 Å². The van der Waals surface area contributed by atoms with Crippen molar-refractivity contribution in [3.8, 4) is 0 Å². The number of piperidine rings is 1. The van der Waals surface area contributed by atoms with Crippen molar-refractivity contribution in [2.75, 3.05) is 13.3 Å². The van der Waals surface area contributed by atoms with Gasteiger partial charge in [0.15, 0.2) is 0 Å². The Morgan fingerprint density at radius 3 is 2.57 bits per heavy atom. The molecule has 1 aromatic rings. The third-order valence-corrected chi connectivity index (χ3v) is 6.79. The van der Waals surface area contributed by atoms with Gasteiger partial charge in [-0.05, 0) is 18.5 Å². The number of aromatic nitrogens is 1. The summed E-state index contributed by atoms with van der Waals surface area (Å²) in [5.41, 5.74) is -0.0723. The lowest BCUT2D eigenvalue weighted by molar-refractivity contribution is -0.157. The second-order valence-electron chi connectivity index (χ2n) is 8.06. The van der Waals surface area contributed by atoms with Crippen LogP contribution in [0.25, 0.3) is 0 Å². The molecule has 1 unspecified atom stereocenters. The van der Waals surface area contributed by atoms with Crippen LogP contribution in [0.3, 0.4) is 0 Å². The first-order chi connectivity index (χ1) is 13.1. The Kier molecular flexibility index (Phi) is 5.69. The van der Waals surface area contributed by atoms with Crippen molar-refractivity contribution in [1.29, 1.82) is 0 Å². The van der Waals surface area contributed by atoms with E-state index in [1.165, 1.54) is 12.3 Å². The SMILES string of the molecule is C[Si](C)(C)CCOCN1C(=O)CCC(N2C(=O)c3nccc(Cl)c3C2=O)C1=O. The Bertz CT molecular complexity index is 854. The lowest BCUT2D eigenvalue weighted by Crippen LogP contribution is -2.56. The van der Waals surface area contributed by atoms with Gasteiger partial charge in [-0.2, -0.15) is 0 Å². The first kappa shape index (κ1) is 20.6. The quantitative estimate of drug-likeness (QED) is 0.395. The summed E-state index contributed by atoms with van der Waals surface area (Å²) in [7, 11) is -1.30. The maximum Gasteiger partial charge on any atom is 0.280 e. The van der Waals surface area contributed by atoms with Gasteiger partial charge in [-0.3, -0.25) is 34.0 Å². The van der Waals surface area contributed by atoms with Gasteiger partial charge in [0.1, 0.15) is 18.5 Å². The Balaban J connectivity index is 1.74. The van der Waals surface area contributed by atoms with Crippen molar-refractivity contribution in [2.45, 2.75) is 44.6 Å². The third kappa shape index (κ3) is 3.87. The number of hydrogen-bond donors (Lipinski definition) is 0. The Morgan fingerprint density at radius 2 is 1.93 bits per heavy atom. The highest BCUT2D eigenvalue weighted by molar-refractivity contribution is 6.76. The Hall–Kier alpha value is -2.10. The van der Waals surface area contributed by atoms with Gasteiger partial charge in [-0.15, -0.1) is 0 Å². The molecule has 8 nitrogen and oxygen atoms in total. The van der Waals surface area contributed by atoms with Crippen molar-refractivity contribution >= 4 is 43.3 Å². The highest BCUT2D eigenvalue weighted by Crippen LogP contribution is 2.31. The number of ether oxygens (including phenoxy) is 1. The minimum atomic E-state index is -1.30. The van der Waals surface area contributed by atoms with E-state index in [0.717, 1.165) is 15.8 Å². The Labute approximate surface area is 168 Å². The normalized spacial score (nSPS) is 20.2. The van der Waals surface area contributed by atoms with Crippen molar-refractivity contribution in [3.05, 3.63) is 28.5 Å². The molecule has 150 valence electrons. The summed E-state index contributed by atoms with van der Waals surface area (Å²) < 4.78 is 5.53. The molecule has 1 aromatic heterocycles. The van der Waals surface area contributed by atoms with E-state index in [2.05, 4.69) is 24.6 Å². The molecule has 0 bridgehead atoms. The van der Waals surface area contributed by atoms with Gasteiger partial charge in [0, 0.05) is 27.3 Å². The topological polar surface area (TPSA) is 96.9 Å². The van der Waals surface area contributed by atoms with Gasteiger partial charge in [-0.25, -0.2) is 0 Å². The summed E-state index contributed by atoms with van der Waals surface area (Å²) in [4.78, 5) is 56.3. The first-order valence-electron chi connectivity index (χ1n) is 9.06. The number of carbonyl (C=O) groups is 4. The summed E-state index contributed by atoms with van der Waals surface area (Å²) in [5.74, 6) is -2.32. The van der Waals surface area contributed by atoms with Crippen LogP contribution in [0.5, 0.6) is 0 Å². The zero-order valence-electron chi connectivity index (χ0n) is 16.0. The minimum Gasteiger partial charge on any atom is -0.361 e. The van der Waals surface area contributed by atoms with Crippen LogP contribution in [0, 0.1) is 0 Å². The molecule has 3 rings (SSSR count). The van der Waals surface area contributed by atoms with Crippen LogP contribution >= 0.6 is 11.6 Å². The maximum atomic E-state index is 12.9. The monoisotopic (exact) mass is 423 g/mol. The number of nitrogens with zero attached hydrogens (tertiary/aromatic N) is 3. The average molecular weight is 424 g/mol. The Morgan fingerprint density at radius 1 is 1.21 bits per heavy atom. The molecular formula is C18H22ClN3O5Si. The van der Waals surface area contributed by atoms with E-state index in [0.29, 0.717) is 6.61 Å². The summed E-state index contributed by atoms with van der Waals surface area (Å²) in [6.07, 6.45) is 1.45. The number of imide groups is 2. The number of halogens is 1. The van der Waals surface area contributed by atoms with Gasteiger partial charge in [0.25, 0.3) is 17.7 Å². The predicted molar refractivity (Wildman–Crippen MR) is 104 cm³/mol. The molecule has 28 heavy (non-hydrogen) atoms. The maximum absolute atomic E-state index is 12.9. The molecule has 0 saturated carbocycles. The molecule has 2 aliphatic heterocycles. The largest absolute Gasteiger partial charge is 0.361 e. The van der Waals surface area contributed by atoms with Gasteiger partial charge in [0.2, 0.25) is 5.91 Å². The number of fused-ring (bicyclic) bond motifs is 1. The fraction of sp³-hybridized carbons (Fsp3) is 0.500. The van der Waals surface area contributed by atoms with Crippen LogP contribution in [0.2, 0.25) is 30.7 Å². The van der Waals surface area contributed by atoms with Gasteiger partial charge in [-0.1, -0.05) is 31.2 Å². The summed E-state index contributed by atoms with van der Waals surface area (Å²) in [5, 5.41) is 0.108. The minimum absolute atomic E-state index is 0.00296. The van der Waals surface area contributed by atoms with E-state index in [1.54, 1.807) is 0 Å². The fourth-order valence-corrected chi connectivity index (χ4v) is 4.13. The molecule has 1 atom stereocenters. The van der Waals surface area contributed by atoms with Crippen molar-refractivity contribution in [3.63, 3.8) is 0 Å². The molecule has 0 aliphatic carbocycles. The molecule has 0 N–H and O–H groups in total. The second-order valence-corrected chi connectivity index (χ2v) is 14.1. The van der Waals surface area contributed by atoms with Crippen LogP contribution in [-0.2, 0) is 14.3 Å². The zero-order chi connectivity index (χ0) is 20.6. The van der Waals surface area contributed by atoms with Crippen LogP contribution in [0.4, 0.5) is 0 Å². The van der Waals surface area contributed by atoms with Gasteiger partial charge >= 0.3 is 0 Å². The van der Waals surface area contributed by atoms with Crippen LogP contribution in [0.15, 0.2) is 12.3 Å². The van der Waals surface area contributed by atoms with Crippen LogP contribution in [-0.4, -0.2) is 65.9 Å². The lowest BCUT2D eigenvalue weighted by atomic mass is 10.0. The highest BCUT2D eigenvalue weighted by atomic mass is 35.5. The molecule has 0 aromatic carbocycles. The van der Waals surface area contributed by atoms with Crippen molar-refractivity contribution < 1.29 is 23.9 Å². The van der Waals surface area contributed by atoms with E-state index >= 15 is 0 Å². The number of hydrogen-bond acceptors (Lipinski definition) is 6. The molecule has 1 fully saturated rings. The predicted octanol–water partition coefficient (Wildman–Crippen LogP) is 2.16. The molecule has 10 heteroatoms. The van der Waals surface area contributed by atoms with E-state index in [-0.39, 0.29) is 41.8 Å². The standard InChI is InChI=1S/C18H22ClN3O5Si/c1-28(2,3)9-8-27-10-21-13(23)5-4-12(16(21)24)22-17(25)14-11(19)6-7-20-15(14)18(22)26/h6-7,12H,4-5,8-10H2,1-3H3. The average Bonchev–Trinajstić information content (AvgIpc) is 2.86. The summed E-state index contributed by atoms with van der Waals surface area (Å²) in [6.45, 7) is 6.87. The molecule has 0 radical (unpaired) electrons. The number of pyridine rings is 1. The number of amides is 4. The van der Waals surface area contributed by atoms with E-state index in [9.17, 15) is 19.2 Å². The molecule has 0 spiro atoms. The van der Waals surface area contributed by atoms with E-state index < -0.39 is 31.8 Å². The van der Waals surface area contributed by atoms with Gasteiger partial charge in [0.05, 0.1) is 10.6 Å². The van der Waals surface area contributed by atoms with E-state index in [1.807, 2.05) is 0 Å². The number of likely N-dealkylation sites (tertiary alicyclic amines) is 1. The summed E-state index contributed by atoms with van der Waals surface area (Å²) >= 11 is 6.04. The first-order valence-corrected chi connectivity index (χ1v) is 13.1. The fourth-order valence-electron chi connectivity index (χ4n) is 3.14. The number of carbonyl (C=O) groups excluding carboxylic acids is 4.